The average molecular weight is 457 g/mol. The highest BCUT2D eigenvalue weighted by Crippen LogP contribution is 2.29. The van der Waals surface area contributed by atoms with Gasteiger partial charge in [0.1, 0.15) is 5.75 Å². The van der Waals surface area contributed by atoms with Gasteiger partial charge < -0.3 is 32.8 Å². The third kappa shape index (κ3) is 6.04. The number of aromatic carboxylic acids is 1. The van der Waals surface area contributed by atoms with E-state index in [9.17, 15) is 9.59 Å². The van der Waals surface area contributed by atoms with Crippen LogP contribution in [0.1, 0.15) is 20.7 Å². The molecule has 0 amide bonds. The molecule has 0 fully saturated rings. The quantitative estimate of drug-likeness (QED) is 0.172. The van der Waals surface area contributed by atoms with Gasteiger partial charge >= 0.3 is 11.9 Å². The Labute approximate surface area is 196 Å². The summed E-state index contributed by atoms with van der Waals surface area (Å²) in [4.78, 5) is 22.7. The van der Waals surface area contributed by atoms with Crippen LogP contribution in [0.3, 0.4) is 0 Å². The average Bonchev–Trinajstić information content (AvgIpc) is 2.82. The number of carbonyl (C=O) groups excluding carboxylic acids is 1. The number of nitrogen functional groups attached to an aromatic ring is 4. The van der Waals surface area contributed by atoms with Gasteiger partial charge in [0.2, 0.25) is 0 Å². The molecule has 4 aromatic carbocycles. The molecule has 0 atom stereocenters. The summed E-state index contributed by atoms with van der Waals surface area (Å²) < 4.78 is 5.16. The Hall–Kier alpha value is -4.98. The Balaban J connectivity index is 0.000000191. The first kappa shape index (κ1) is 23.7. The van der Waals surface area contributed by atoms with E-state index in [2.05, 4.69) is 0 Å². The van der Waals surface area contributed by atoms with Crippen LogP contribution in [0.5, 0.6) is 5.75 Å². The van der Waals surface area contributed by atoms with Crippen molar-refractivity contribution in [2.24, 2.45) is 0 Å². The van der Waals surface area contributed by atoms with E-state index < -0.39 is 11.9 Å². The highest BCUT2D eigenvalue weighted by Gasteiger charge is 2.12. The molecule has 0 heterocycles. The minimum absolute atomic E-state index is 0.110. The van der Waals surface area contributed by atoms with Gasteiger partial charge in [0.05, 0.1) is 16.8 Å². The summed E-state index contributed by atoms with van der Waals surface area (Å²) in [6.07, 6.45) is 0. The summed E-state index contributed by atoms with van der Waals surface area (Å²) in [6, 6.07) is 25.2. The summed E-state index contributed by atoms with van der Waals surface area (Å²) in [6.45, 7) is 0. The van der Waals surface area contributed by atoms with Crippen molar-refractivity contribution >= 4 is 34.7 Å². The number of carbonyl (C=O) groups is 2. The van der Waals surface area contributed by atoms with E-state index in [1.807, 2.05) is 12.1 Å². The normalized spacial score (nSPS) is 10.0. The van der Waals surface area contributed by atoms with Crippen molar-refractivity contribution in [2.45, 2.75) is 0 Å². The van der Waals surface area contributed by atoms with Crippen LogP contribution in [0.4, 0.5) is 22.7 Å². The molecule has 0 bridgehead atoms. The standard InChI is InChI=1S/2C13H12N2O2/c14-10-3-1-9(2-4-10)13(16)17-12-7-5-11(15)6-8-12;14-9-6-4-8(5-7-9)10-2-1-3-11(12(10)15)13(16)17/h1-8H,14-15H2;1-7H,14-15H2,(H,16,17). The first-order valence-electron chi connectivity index (χ1n) is 10.2. The van der Waals surface area contributed by atoms with Gasteiger partial charge in [-0.1, -0.05) is 24.3 Å². The second-order valence-corrected chi connectivity index (χ2v) is 7.27. The van der Waals surface area contributed by atoms with Crippen molar-refractivity contribution in [1.82, 2.24) is 0 Å². The zero-order valence-corrected chi connectivity index (χ0v) is 18.1. The molecule has 9 N–H and O–H groups in total. The summed E-state index contributed by atoms with van der Waals surface area (Å²) >= 11 is 0. The minimum atomic E-state index is -1.03. The lowest BCUT2D eigenvalue weighted by molar-refractivity contribution is 0.0695. The number of hydrogen-bond donors (Lipinski definition) is 5. The van der Waals surface area contributed by atoms with Crippen LogP contribution in [-0.2, 0) is 0 Å². The van der Waals surface area contributed by atoms with Gasteiger partial charge in [-0.3, -0.25) is 0 Å². The fourth-order valence-electron chi connectivity index (χ4n) is 2.99. The molecule has 0 radical (unpaired) electrons. The van der Waals surface area contributed by atoms with E-state index >= 15 is 0 Å². The number of carboxylic acids is 1. The highest BCUT2D eigenvalue weighted by molar-refractivity contribution is 5.98. The molecular weight excluding hydrogens is 432 g/mol. The Kier molecular flexibility index (Phi) is 7.35. The number of anilines is 4. The molecule has 8 nitrogen and oxygen atoms in total. The highest BCUT2D eigenvalue weighted by atomic mass is 16.5. The van der Waals surface area contributed by atoms with E-state index in [1.165, 1.54) is 6.07 Å². The SMILES string of the molecule is Nc1ccc(-c2cccc(C(=O)O)c2N)cc1.Nc1ccc(OC(=O)c2ccc(N)cc2)cc1. The lowest BCUT2D eigenvalue weighted by Crippen LogP contribution is -2.08. The molecular formula is C26H24N4O4. The van der Waals surface area contributed by atoms with Crippen LogP contribution in [0, 0.1) is 0 Å². The molecule has 0 spiro atoms. The van der Waals surface area contributed by atoms with Crippen LogP contribution in [0.15, 0.2) is 91.0 Å². The second kappa shape index (κ2) is 10.6. The smallest absolute Gasteiger partial charge is 0.343 e. The van der Waals surface area contributed by atoms with Crippen molar-refractivity contribution in [3.63, 3.8) is 0 Å². The first-order valence-corrected chi connectivity index (χ1v) is 10.2. The number of benzene rings is 4. The third-order valence-corrected chi connectivity index (χ3v) is 4.80. The summed E-state index contributed by atoms with van der Waals surface area (Å²) in [5.41, 5.74) is 26.8. The lowest BCUT2D eigenvalue weighted by Gasteiger charge is -2.08. The van der Waals surface area contributed by atoms with Crippen molar-refractivity contribution in [3.8, 4) is 16.9 Å². The van der Waals surface area contributed by atoms with Crippen molar-refractivity contribution in [1.29, 1.82) is 0 Å². The van der Waals surface area contributed by atoms with Gasteiger partial charge in [-0.25, -0.2) is 9.59 Å². The van der Waals surface area contributed by atoms with Crippen molar-refractivity contribution in [3.05, 3.63) is 102 Å². The molecule has 0 aliphatic rings. The van der Waals surface area contributed by atoms with Gasteiger partial charge in [-0.15, -0.1) is 0 Å². The lowest BCUT2D eigenvalue weighted by atomic mass is 10.00. The van der Waals surface area contributed by atoms with Gasteiger partial charge in [0.15, 0.2) is 0 Å². The molecule has 4 aromatic rings. The fraction of sp³-hybridized carbons (Fsp3) is 0. The maximum absolute atomic E-state index is 11.7. The van der Waals surface area contributed by atoms with Crippen LogP contribution in [0.25, 0.3) is 11.1 Å². The predicted octanol–water partition coefficient (Wildman–Crippen LogP) is 4.29. The van der Waals surface area contributed by atoms with E-state index in [1.54, 1.807) is 72.8 Å². The molecule has 172 valence electrons. The second-order valence-electron chi connectivity index (χ2n) is 7.27. The molecule has 0 saturated heterocycles. The molecule has 0 aliphatic carbocycles. The molecule has 0 aromatic heterocycles. The third-order valence-electron chi connectivity index (χ3n) is 4.80. The summed E-state index contributed by atoms with van der Waals surface area (Å²) in [5, 5.41) is 8.98. The molecule has 34 heavy (non-hydrogen) atoms. The topological polar surface area (TPSA) is 168 Å². The minimum Gasteiger partial charge on any atom is -0.478 e. The number of para-hydroxylation sites is 1. The predicted molar refractivity (Wildman–Crippen MR) is 134 cm³/mol. The van der Waals surface area contributed by atoms with Gasteiger partial charge in [0.25, 0.3) is 0 Å². The Bertz CT molecular complexity index is 1290. The number of rotatable bonds is 4. The number of esters is 1. The summed E-state index contributed by atoms with van der Waals surface area (Å²) in [7, 11) is 0. The van der Waals surface area contributed by atoms with Crippen LogP contribution < -0.4 is 27.7 Å². The van der Waals surface area contributed by atoms with Gasteiger partial charge in [0, 0.05) is 22.6 Å². The number of carboxylic acid groups (broad SMARTS) is 1. The maximum Gasteiger partial charge on any atom is 0.343 e. The number of nitrogens with two attached hydrogens (primary N) is 4. The molecule has 0 unspecified atom stereocenters. The number of hydrogen-bond acceptors (Lipinski definition) is 7. The molecule has 0 aliphatic heterocycles. The van der Waals surface area contributed by atoms with Crippen molar-refractivity contribution < 1.29 is 19.4 Å². The number of ether oxygens (including phenoxy) is 1. The van der Waals surface area contributed by atoms with E-state index in [-0.39, 0.29) is 11.3 Å². The monoisotopic (exact) mass is 456 g/mol. The van der Waals surface area contributed by atoms with E-state index in [0.29, 0.717) is 33.9 Å². The molecule has 0 saturated carbocycles. The first-order chi connectivity index (χ1) is 16.2. The van der Waals surface area contributed by atoms with Crippen molar-refractivity contribution in [2.75, 3.05) is 22.9 Å². The fourth-order valence-corrected chi connectivity index (χ4v) is 2.99. The zero-order valence-electron chi connectivity index (χ0n) is 18.1. The Morgan fingerprint density at radius 2 is 1.15 bits per heavy atom. The van der Waals surface area contributed by atoms with Gasteiger partial charge in [-0.2, -0.15) is 0 Å². The molecule has 4 rings (SSSR count). The van der Waals surface area contributed by atoms with Crippen LogP contribution >= 0.6 is 0 Å². The Morgan fingerprint density at radius 1 is 0.647 bits per heavy atom. The maximum atomic E-state index is 11.7. The van der Waals surface area contributed by atoms with E-state index in [4.69, 9.17) is 32.8 Å². The van der Waals surface area contributed by atoms with Gasteiger partial charge in [-0.05, 0) is 72.3 Å². The molecule has 8 heteroatoms. The zero-order chi connectivity index (χ0) is 24.7. The van der Waals surface area contributed by atoms with Crippen LogP contribution in [-0.4, -0.2) is 17.0 Å². The van der Waals surface area contributed by atoms with Crippen LogP contribution in [0.2, 0.25) is 0 Å². The summed E-state index contributed by atoms with van der Waals surface area (Å²) in [5.74, 6) is -0.990. The van der Waals surface area contributed by atoms with E-state index in [0.717, 1.165) is 5.56 Å². The Morgan fingerprint density at radius 3 is 1.68 bits per heavy atom. The largest absolute Gasteiger partial charge is 0.478 e.